The molecule has 2 N–H and O–H groups in total. The largest absolute Gasteiger partial charge is 0.395 e. The molecule has 1 heterocycles. The second kappa shape index (κ2) is 6.42. The predicted octanol–water partition coefficient (Wildman–Crippen LogP) is 0.276. The fourth-order valence-corrected chi connectivity index (χ4v) is 2.95. The molecule has 1 aromatic heterocycles. The molecular weight excluding hydrogens is 306 g/mol. The van der Waals surface area contributed by atoms with Crippen molar-refractivity contribution in [1.82, 2.24) is 9.29 Å². The van der Waals surface area contributed by atoms with Crippen LogP contribution in [0.2, 0.25) is 5.02 Å². The van der Waals surface area contributed by atoms with Gasteiger partial charge in [-0.3, -0.25) is 4.79 Å². The van der Waals surface area contributed by atoms with Crippen LogP contribution >= 0.6 is 11.6 Å². The summed E-state index contributed by atoms with van der Waals surface area (Å²) in [4.78, 5) is 12.7. The molecule has 0 aromatic carbocycles. The maximum Gasteiger partial charge on any atom is 0.266 e. The van der Waals surface area contributed by atoms with Gasteiger partial charge in [0.05, 0.1) is 18.0 Å². The van der Waals surface area contributed by atoms with Gasteiger partial charge in [0.2, 0.25) is 10.0 Å². The quantitative estimate of drug-likeness (QED) is 0.788. The molecule has 0 saturated heterocycles. The Labute approximate surface area is 112 Å². The summed E-state index contributed by atoms with van der Waals surface area (Å²) in [5.74, 6) is 0. The number of hydrogen-bond donors (Lipinski definition) is 2. The lowest BCUT2D eigenvalue weighted by atomic mass is 10.5. The van der Waals surface area contributed by atoms with Crippen LogP contribution in [0.15, 0.2) is 22.0 Å². The van der Waals surface area contributed by atoms with Crippen molar-refractivity contribution >= 4 is 21.6 Å². The van der Waals surface area contributed by atoms with Crippen LogP contribution < -0.4 is 5.56 Å². The number of halogens is 3. The van der Waals surface area contributed by atoms with Crippen LogP contribution in [0.5, 0.6) is 0 Å². The van der Waals surface area contributed by atoms with Gasteiger partial charge >= 0.3 is 0 Å². The fraction of sp³-hybridized carbons (Fsp3) is 0.444. The smallest absolute Gasteiger partial charge is 0.266 e. The van der Waals surface area contributed by atoms with Crippen molar-refractivity contribution in [2.45, 2.75) is 11.3 Å². The van der Waals surface area contributed by atoms with E-state index in [1.165, 1.54) is 0 Å². The Balaban J connectivity index is 3.18. The van der Waals surface area contributed by atoms with Gasteiger partial charge in [-0.2, -0.15) is 4.31 Å². The van der Waals surface area contributed by atoms with E-state index in [4.69, 9.17) is 16.7 Å². The normalized spacial score (nSPS) is 12.3. The third kappa shape index (κ3) is 3.96. The lowest BCUT2D eigenvalue weighted by Crippen LogP contribution is -2.37. The molecule has 6 nitrogen and oxygen atoms in total. The van der Waals surface area contributed by atoms with Gasteiger partial charge in [0, 0.05) is 12.7 Å². The van der Waals surface area contributed by atoms with Crippen LogP contribution in [0.1, 0.15) is 0 Å². The molecule has 19 heavy (non-hydrogen) atoms. The van der Waals surface area contributed by atoms with Gasteiger partial charge in [0.1, 0.15) is 5.02 Å². The van der Waals surface area contributed by atoms with Gasteiger partial charge in [-0.05, 0) is 6.07 Å². The van der Waals surface area contributed by atoms with Crippen LogP contribution in [0, 0.1) is 0 Å². The van der Waals surface area contributed by atoms with E-state index in [9.17, 15) is 22.0 Å². The number of alkyl halides is 2. The van der Waals surface area contributed by atoms with Crippen LogP contribution in [0.25, 0.3) is 0 Å². The monoisotopic (exact) mass is 316 g/mol. The maximum atomic E-state index is 12.3. The molecule has 1 aromatic rings. The molecule has 1 rings (SSSR count). The zero-order valence-corrected chi connectivity index (χ0v) is 11.1. The minimum atomic E-state index is -4.26. The number of sulfonamides is 1. The van der Waals surface area contributed by atoms with Crippen molar-refractivity contribution < 1.29 is 22.3 Å². The highest BCUT2D eigenvalue weighted by Gasteiger charge is 2.27. The van der Waals surface area contributed by atoms with Crippen molar-refractivity contribution in [3.05, 3.63) is 27.6 Å². The summed E-state index contributed by atoms with van der Waals surface area (Å²) in [6.45, 7) is -2.15. The molecule has 0 spiro atoms. The number of hydrogen-bond acceptors (Lipinski definition) is 4. The first-order chi connectivity index (χ1) is 8.78. The molecule has 0 bridgehead atoms. The number of aliphatic hydroxyl groups is 1. The molecule has 108 valence electrons. The van der Waals surface area contributed by atoms with Crippen LogP contribution in [0.4, 0.5) is 8.78 Å². The zero-order chi connectivity index (χ0) is 14.6. The Morgan fingerprint density at radius 3 is 2.58 bits per heavy atom. The molecule has 0 saturated carbocycles. The topological polar surface area (TPSA) is 90.5 Å². The van der Waals surface area contributed by atoms with E-state index in [1.54, 1.807) is 0 Å². The first-order valence-corrected chi connectivity index (χ1v) is 6.88. The molecule has 0 unspecified atom stereocenters. The molecule has 0 aliphatic carbocycles. The highest BCUT2D eigenvalue weighted by atomic mass is 35.5. The Kier molecular flexibility index (Phi) is 5.41. The number of pyridine rings is 1. The Bertz CT molecular complexity index is 590. The number of H-pyrrole nitrogens is 1. The van der Waals surface area contributed by atoms with Crippen LogP contribution in [-0.2, 0) is 10.0 Å². The summed E-state index contributed by atoms with van der Waals surface area (Å²) < 4.78 is 49.1. The average molecular weight is 317 g/mol. The van der Waals surface area contributed by atoms with E-state index < -0.39 is 46.6 Å². The third-order valence-electron chi connectivity index (χ3n) is 2.16. The molecule has 0 aliphatic rings. The molecule has 0 aliphatic heterocycles. The van der Waals surface area contributed by atoms with Crippen molar-refractivity contribution in [3.63, 3.8) is 0 Å². The van der Waals surface area contributed by atoms with Gasteiger partial charge in [0.25, 0.3) is 12.0 Å². The van der Waals surface area contributed by atoms with E-state index in [1.807, 2.05) is 0 Å². The molecule has 0 amide bonds. The Morgan fingerprint density at radius 2 is 2.11 bits per heavy atom. The van der Waals surface area contributed by atoms with Crippen LogP contribution in [-0.4, -0.2) is 48.9 Å². The first kappa shape index (κ1) is 16.0. The van der Waals surface area contributed by atoms with E-state index in [-0.39, 0.29) is 5.02 Å². The first-order valence-electron chi connectivity index (χ1n) is 5.06. The van der Waals surface area contributed by atoms with Gasteiger partial charge in [-0.25, -0.2) is 17.2 Å². The standard InChI is InChI=1S/C9H11ClF2N2O4S/c10-7-3-6(4-13-9(7)16)19(17,18)14(1-2-15)5-8(11)12/h3-4,8,15H,1-2,5H2,(H,13,16). The minimum absolute atomic E-state index is 0.373. The summed E-state index contributed by atoms with van der Waals surface area (Å²) in [6.07, 6.45) is -2.03. The second-order valence-corrected chi connectivity index (χ2v) is 5.84. The van der Waals surface area contributed by atoms with Gasteiger partial charge in [-0.15, -0.1) is 0 Å². The molecule has 0 atom stereocenters. The number of aromatic nitrogens is 1. The number of nitrogens with one attached hydrogen (secondary N) is 1. The summed E-state index contributed by atoms with van der Waals surface area (Å²) in [7, 11) is -4.26. The molecule has 0 radical (unpaired) electrons. The number of rotatable bonds is 6. The van der Waals surface area contributed by atoms with Gasteiger partial charge in [0.15, 0.2) is 0 Å². The van der Waals surface area contributed by atoms with E-state index in [2.05, 4.69) is 4.98 Å². The lowest BCUT2D eigenvalue weighted by Gasteiger charge is -2.20. The van der Waals surface area contributed by atoms with Gasteiger partial charge < -0.3 is 10.1 Å². The second-order valence-electron chi connectivity index (χ2n) is 3.49. The molecule has 10 heteroatoms. The Morgan fingerprint density at radius 1 is 1.47 bits per heavy atom. The van der Waals surface area contributed by atoms with E-state index >= 15 is 0 Å². The number of aliphatic hydroxyl groups excluding tert-OH is 1. The van der Waals surface area contributed by atoms with Gasteiger partial charge in [-0.1, -0.05) is 11.6 Å². The highest BCUT2D eigenvalue weighted by Crippen LogP contribution is 2.17. The summed E-state index contributed by atoms with van der Waals surface area (Å²) >= 11 is 5.48. The van der Waals surface area contributed by atoms with Crippen molar-refractivity contribution in [2.75, 3.05) is 19.7 Å². The predicted molar refractivity (Wildman–Crippen MR) is 63.9 cm³/mol. The highest BCUT2D eigenvalue weighted by molar-refractivity contribution is 7.89. The molecular formula is C9H11ClF2N2O4S. The fourth-order valence-electron chi connectivity index (χ4n) is 1.31. The molecule has 0 fully saturated rings. The zero-order valence-electron chi connectivity index (χ0n) is 9.51. The van der Waals surface area contributed by atoms with Crippen molar-refractivity contribution in [1.29, 1.82) is 0 Å². The van der Waals surface area contributed by atoms with Crippen LogP contribution in [0.3, 0.4) is 0 Å². The van der Waals surface area contributed by atoms with Crippen molar-refractivity contribution in [3.8, 4) is 0 Å². The summed E-state index contributed by atoms with van der Waals surface area (Å²) in [5.41, 5.74) is -0.691. The minimum Gasteiger partial charge on any atom is -0.395 e. The van der Waals surface area contributed by atoms with Crippen molar-refractivity contribution in [2.24, 2.45) is 0 Å². The maximum absolute atomic E-state index is 12.3. The SMILES string of the molecule is O=c1[nH]cc(S(=O)(=O)N(CCO)CC(F)F)cc1Cl. The lowest BCUT2D eigenvalue weighted by molar-refractivity contribution is 0.113. The summed E-state index contributed by atoms with van der Waals surface area (Å²) in [5, 5.41) is 8.35. The third-order valence-corrected chi connectivity index (χ3v) is 4.28. The summed E-state index contributed by atoms with van der Waals surface area (Å²) in [6, 6.07) is 0.867. The van der Waals surface area contributed by atoms with E-state index in [0.717, 1.165) is 12.3 Å². The number of aromatic amines is 1. The Hall–Kier alpha value is -1.03. The van der Waals surface area contributed by atoms with E-state index in [0.29, 0.717) is 4.31 Å². The average Bonchev–Trinajstić information content (AvgIpc) is 2.31. The number of nitrogens with zero attached hydrogens (tertiary/aromatic N) is 1.